The largest absolute Gasteiger partial charge is 0.370 e. The van der Waals surface area contributed by atoms with Gasteiger partial charge in [-0.15, -0.1) is 0 Å². The number of ether oxygens (including phenoxy) is 1. The smallest absolute Gasteiger partial charge is 0.169 e. The van der Waals surface area contributed by atoms with Crippen LogP contribution < -0.4 is 0 Å². The van der Waals surface area contributed by atoms with Crippen LogP contribution in [-0.2, 0) is 16.0 Å². The Bertz CT molecular complexity index is 491. The molecule has 0 unspecified atom stereocenters. The van der Waals surface area contributed by atoms with Gasteiger partial charge in [-0.1, -0.05) is 42.3 Å². The average Bonchev–Trinajstić information content (AvgIpc) is 2.45. The van der Waals surface area contributed by atoms with Gasteiger partial charge in [0.25, 0.3) is 0 Å². The number of ketones is 1. The molecule has 0 bridgehead atoms. The molecular weight excluding hydrogens is 295 g/mol. The zero-order valence-corrected chi connectivity index (χ0v) is 13.4. The Morgan fingerprint density at radius 1 is 1.35 bits per heavy atom. The summed E-state index contributed by atoms with van der Waals surface area (Å²) in [5, 5.41) is 0.957. The number of benzene rings is 1. The fourth-order valence-corrected chi connectivity index (χ4v) is 3.23. The van der Waals surface area contributed by atoms with E-state index in [1.165, 1.54) is 0 Å². The summed E-state index contributed by atoms with van der Waals surface area (Å²) < 4.78 is 5.61. The highest BCUT2D eigenvalue weighted by molar-refractivity contribution is 6.42. The molecule has 20 heavy (non-hydrogen) atoms. The zero-order chi connectivity index (χ0) is 14.8. The molecule has 1 aromatic carbocycles. The van der Waals surface area contributed by atoms with Gasteiger partial charge >= 0.3 is 0 Å². The summed E-state index contributed by atoms with van der Waals surface area (Å²) in [5.41, 5.74) is 0.136. The van der Waals surface area contributed by atoms with Crippen LogP contribution in [0, 0.1) is 5.92 Å². The van der Waals surface area contributed by atoms with Gasteiger partial charge in [0.1, 0.15) is 5.60 Å². The van der Waals surface area contributed by atoms with E-state index in [1.54, 1.807) is 13.2 Å². The van der Waals surface area contributed by atoms with Gasteiger partial charge in [0.05, 0.1) is 10.0 Å². The standard InChI is InChI=1S/C16H20Cl2O2/c1-11-6-8-16(20-2,9-7-11)14(19)10-12-4-3-5-13(17)15(12)18/h3-5,11H,6-10H2,1-2H3. The Morgan fingerprint density at radius 2 is 2.00 bits per heavy atom. The van der Waals surface area contributed by atoms with Gasteiger partial charge in [0.2, 0.25) is 0 Å². The van der Waals surface area contributed by atoms with Crippen molar-refractivity contribution in [1.82, 2.24) is 0 Å². The number of Topliss-reactive ketones (excluding diaryl/α,β-unsaturated/α-hetero) is 1. The Hall–Kier alpha value is -0.570. The number of methoxy groups -OCH3 is 1. The van der Waals surface area contributed by atoms with Crippen molar-refractivity contribution in [2.75, 3.05) is 7.11 Å². The molecular formula is C16H20Cl2O2. The molecule has 110 valence electrons. The Morgan fingerprint density at radius 3 is 2.60 bits per heavy atom. The molecule has 0 heterocycles. The minimum Gasteiger partial charge on any atom is -0.370 e. The molecule has 1 saturated carbocycles. The predicted molar refractivity (Wildman–Crippen MR) is 82.5 cm³/mol. The molecule has 0 N–H and O–H groups in total. The van der Waals surface area contributed by atoms with Gasteiger partial charge < -0.3 is 4.74 Å². The van der Waals surface area contributed by atoms with E-state index in [9.17, 15) is 4.79 Å². The molecule has 0 spiro atoms. The summed E-state index contributed by atoms with van der Waals surface area (Å²) in [4.78, 5) is 12.7. The van der Waals surface area contributed by atoms with Crippen LogP contribution in [0.5, 0.6) is 0 Å². The lowest BCUT2D eigenvalue weighted by Crippen LogP contribution is -2.44. The zero-order valence-electron chi connectivity index (χ0n) is 11.9. The maximum atomic E-state index is 12.7. The monoisotopic (exact) mass is 314 g/mol. The summed E-state index contributed by atoms with van der Waals surface area (Å²) in [6, 6.07) is 5.40. The van der Waals surface area contributed by atoms with Crippen LogP contribution >= 0.6 is 23.2 Å². The van der Waals surface area contributed by atoms with Crippen molar-refractivity contribution in [3.63, 3.8) is 0 Å². The first-order valence-corrected chi connectivity index (χ1v) is 7.75. The van der Waals surface area contributed by atoms with Crippen LogP contribution in [-0.4, -0.2) is 18.5 Å². The maximum absolute atomic E-state index is 12.7. The summed E-state index contributed by atoms with van der Waals surface area (Å²) >= 11 is 12.2. The van der Waals surface area contributed by atoms with Crippen molar-refractivity contribution in [3.05, 3.63) is 33.8 Å². The summed E-state index contributed by atoms with van der Waals surface area (Å²) in [6.45, 7) is 2.22. The number of hydrogen-bond donors (Lipinski definition) is 0. The van der Waals surface area contributed by atoms with Crippen LogP contribution in [0.1, 0.15) is 38.2 Å². The normalized spacial score (nSPS) is 26.5. The van der Waals surface area contributed by atoms with Crippen molar-refractivity contribution in [2.45, 2.75) is 44.6 Å². The second-order valence-corrected chi connectivity index (χ2v) is 6.48. The van der Waals surface area contributed by atoms with Gasteiger partial charge in [-0.3, -0.25) is 4.79 Å². The van der Waals surface area contributed by atoms with Crippen LogP contribution in [0.3, 0.4) is 0 Å². The quantitative estimate of drug-likeness (QED) is 0.805. The van der Waals surface area contributed by atoms with Gasteiger partial charge in [0.15, 0.2) is 5.78 Å². The third-order valence-electron chi connectivity index (χ3n) is 4.36. The van der Waals surface area contributed by atoms with Crippen molar-refractivity contribution in [3.8, 4) is 0 Å². The second kappa shape index (κ2) is 6.46. The molecule has 0 atom stereocenters. The van der Waals surface area contributed by atoms with Crippen molar-refractivity contribution in [2.24, 2.45) is 5.92 Å². The third kappa shape index (κ3) is 3.19. The maximum Gasteiger partial charge on any atom is 0.169 e. The predicted octanol–water partition coefficient (Wildman–Crippen LogP) is 4.70. The topological polar surface area (TPSA) is 26.3 Å². The number of halogens is 2. The minimum atomic E-state index is -0.641. The molecule has 0 amide bonds. The van der Waals surface area contributed by atoms with Crippen molar-refractivity contribution < 1.29 is 9.53 Å². The van der Waals surface area contributed by atoms with E-state index in [2.05, 4.69) is 6.92 Å². The molecule has 1 aliphatic carbocycles. The van der Waals surface area contributed by atoms with Crippen molar-refractivity contribution >= 4 is 29.0 Å². The Kier molecular flexibility index (Phi) is 5.11. The minimum absolute atomic E-state index is 0.107. The molecule has 0 radical (unpaired) electrons. The molecule has 2 nitrogen and oxygen atoms in total. The van der Waals surface area contributed by atoms with Gasteiger partial charge in [-0.05, 0) is 43.2 Å². The molecule has 2 rings (SSSR count). The van der Waals surface area contributed by atoms with Crippen LogP contribution in [0.15, 0.2) is 18.2 Å². The second-order valence-electron chi connectivity index (χ2n) is 5.69. The number of carbonyl (C=O) groups is 1. The van der Waals surface area contributed by atoms with Crippen LogP contribution in [0.2, 0.25) is 10.0 Å². The molecule has 0 saturated heterocycles. The van der Waals surface area contributed by atoms with Crippen molar-refractivity contribution in [1.29, 1.82) is 0 Å². The van der Waals surface area contributed by atoms with Gasteiger partial charge in [-0.25, -0.2) is 0 Å². The fourth-order valence-electron chi connectivity index (χ4n) is 2.84. The van der Waals surface area contributed by atoms with Crippen LogP contribution in [0.4, 0.5) is 0 Å². The van der Waals surface area contributed by atoms with Gasteiger partial charge in [0, 0.05) is 13.5 Å². The van der Waals surface area contributed by atoms with E-state index in [4.69, 9.17) is 27.9 Å². The van der Waals surface area contributed by atoms with E-state index in [-0.39, 0.29) is 12.2 Å². The summed E-state index contributed by atoms with van der Waals surface area (Å²) in [5.74, 6) is 0.775. The first-order chi connectivity index (χ1) is 9.48. The highest BCUT2D eigenvalue weighted by Gasteiger charge is 2.40. The lowest BCUT2D eigenvalue weighted by atomic mass is 9.76. The molecule has 1 aliphatic rings. The number of rotatable bonds is 4. The van der Waals surface area contributed by atoms with E-state index in [1.807, 2.05) is 12.1 Å². The summed E-state index contributed by atoms with van der Waals surface area (Å²) in [7, 11) is 1.63. The van der Waals surface area contributed by atoms with E-state index >= 15 is 0 Å². The van der Waals surface area contributed by atoms with E-state index < -0.39 is 5.60 Å². The Balaban J connectivity index is 2.16. The molecule has 1 aromatic rings. The molecule has 0 aliphatic heterocycles. The molecule has 1 fully saturated rings. The van der Waals surface area contributed by atoms with Crippen LogP contribution in [0.25, 0.3) is 0 Å². The summed E-state index contributed by atoms with van der Waals surface area (Å²) in [6.07, 6.45) is 3.93. The third-order valence-corrected chi connectivity index (χ3v) is 5.22. The highest BCUT2D eigenvalue weighted by Crippen LogP contribution is 2.36. The first kappa shape index (κ1) is 15.8. The highest BCUT2D eigenvalue weighted by atomic mass is 35.5. The molecule has 0 aromatic heterocycles. The van der Waals surface area contributed by atoms with Gasteiger partial charge in [-0.2, -0.15) is 0 Å². The first-order valence-electron chi connectivity index (χ1n) is 7.00. The molecule has 4 heteroatoms. The number of hydrogen-bond acceptors (Lipinski definition) is 2. The number of carbonyl (C=O) groups excluding carboxylic acids is 1. The lowest BCUT2D eigenvalue weighted by Gasteiger charge is -2.37. The Labute approximate surface area is 130 Å². The fraction of sp³-hybridized carbons (Fsp3) is 0.562. The van der Waals surface area contributed by atoms with E-state index in [0.717, 1.165) is 31.2 Å². The average molecular weight is 315 g/mol. The SMILES string of the molecule is COC1(C(=O)Cc2cccc(Cl)c2Cl)CCC(C)CC1. The lowest BCUT2D eigenvalue weighted by molar-refractivity contribution is -0.145. The van der Waals surface area contributed by atoms with E-state index in [0.29, 0.717) is 16.0 Å².